The third kappa shape index (κ3) is 4.40. The van der Waals surface area contributed by atoms with Crippen LogP contribution in [0.2, 0.25) is 0 Å². The van der Waals surface area contributed by atoms with Crippen molar-refractivity contribution < 1.29 is 0 Å². The standard InChI is InChI=1S/C16H22N4/c1-13-17-10-9-15(19-13)11-18-16(12-20(2)3)14-7-5-4-6-8-14/h4-10,16,18H,11-12H2,1-3H3. The maximum Gasteiger partial charge on any atom is 0.125 e. The van der Waals surface area contributed by atoms with Gasteiger partial charge >= 0.3 is 0 Å². The van der Waals surface area contributed by atoms with Gasteiger partial charge in [0.05, 0.1) is 5.69 Å². The van der Waals surface area contributed by atoms with Crippen LogP contribution in [0.1, 0.15) is 23.1 Å². The van der Waals surface area contributed by atoms with Gasteiger partial charge in [-0.3, -0.25) is 0 Å². The zero-order valence-corrected chi connectivity index (χ0v) is 12.4. The van der Waals surface area contributed by atoms with Gasteiger partial charge in [0.1, 0.15) is 5.82 Å². The number of nitrogens with one attached hydrogen (secondary N) is 1. The van der Waals surface area contributed by atoms with Crippen LogP contribution in [0, 0.1) is 6.92 Å². The fraction of sp³-hybridized carbons (Fsp3) is 0.375. The molecule has 1 atom stereocenters. The lowest BCUT2D eigenvalue weighted by Crippen LogP contribution is -2.31. The van der Waals surface area contributed by atoms with Crippen LogP contribution in [-0.4, -0.2) is 35.5 Å². The molecule has 0 spiro atoms. The van der Waals surface area contributed by atoms with E-state index in [-0.39, 0.29) is 0 Å². The Morgan fingerprint density at radius 2 is 1.90 bits per heavy atom. The van der Waals surface area contributed by atoms with Gasteiger partial charge in [0.15, 0.2) is 0 Å². The van der Waals surface area contributed by atoms with Gasteiger partial charge in [0, 0.05) is 25.3 Å². The van der Waals surface area contributed by atoms with Gasteiger partial charge in [-0.15, -0.1) is 0 Å². The average molecular weight is 270 g/mol. The van der Waals surface area contributed by atoms with Crippen LogP contribution in [0.4, 0.5) is 0 Å². The third-order valence-electron chi connectivity index (χ3n) is 3.11. The number of likely N-dealkylation sites (N-methyl/N-ethyl adjacent to an activating group) is 1. The van der Waals surface area contributed by atoms with Gasteiger partial charge in [-0.05, 0) is 32.6 Å². The number of nitrogens with zero attached hydrogens (tertiary/aromatic N) is 3. The summed E-state index contributed by atoms with van der Waals surface area (Å²) in [5.74, 6) is 0.813. The highest BCUT2D eigenvalue weighted by molar-refractivity contribution is 5.19. The highest BCUT2D eigenvalue weighted by atomic mass is 15.1. The fourth-order valence-electron chi connectivity index (χ4n) is 2.17. The molecule has 0 aliphatic heterocycles. The molecule has 4 nitrogen and oxygen atoms in total. The van der Waals surface area contributed by atoms with Crippen molar-refractivity contribution in [2.75, 3.05) is 20.6 Å². The summed E-state index contributed by atoms with van der Waals surface area (Å²) < 4.78 is 0. The molecule has 0 saturated heterocycles. The van der Waals surface area contributed by atoms with Crippen LogP contribution >= 0.6 is 0 Å². The molecule has 2 rings (SSSR count). The second kappa shape index (κ2) is 7.12. The summed E-state index contributed by atoms with van der Waals surface area (Å²) in [6.07, 6.45) is 1.81. The molecule has 0 bridgehead atoms. The van der Waals surface area contributed by atoms with E-state index in [2.05, 4.69) is 58.5 Å². The highest BCUT2D eigenvalue weighted by Crippen LogP contribution is 2.14. The molecule has 106 valence electrons. The van der Waals surface area contributed by atoms with E-state index < -0.39 is 0 Å². The number of hydrogen-bond acceptors (Lipinski definition) is 4. The summed E-state index contributed by atoms with van der Waals surface area (Å²) >= 11 is 0. The van der Waals surface area contributed by atoms with Crippen molar-refractivity contribution in [1.82, 2.24) is 20.2 Å². The number of benzene rings is 1. The maximum absolute atomic E-state index is 4.43. The number of aryl methyl sites for hydroxylation is 1. The molecule has 0 amide bonds. The van der Waals surface area contributed by atoms with Crippen molar-refractivity contribution >= 4 is 0 Å². The molecule has 1 heterocycles. The van der Waals surface area contributed by atoms with Crippen LogP contribution in [0.25, 0.3) is 0 Å². The minimum absolute atomic E-state index is 0.293. The first-order valence-electron chi connectivity index (χ1n) is 6.87. The van der Waals surface area contributed by atoms with E-state index in [0.29, 0.717) is 6.04 Å². The first-order chi connectivity index (χ1) is 9.65. The third-order valence-corrected chi connectivity index (χ3v) is 3.11. The normalized spacial score (nSPS) is 12.6. The molecule has 0 aliphatic rings. The molecule has 4 heteroatoms. The number of aromatic nitrogens is 2. The molecular formula is C16H22N4. The predicted molar refractivity (Wildman–Crippen MR) is 81.3 cm³/mol. The summed E-state index contributed by atoms with van der Waals surface area (Å²) in [6.45, 7) is 3.61. The van der Waals surface area contributed by atoms with Crippen molar-refractivity contribution in [1.29, 1.82) is 0 Å². The SMILES string of the molecule is Cc1nccc(CNC(CN(C)C)c2ccccc2)n1. The summed E-state index contributed by atoms with van der Waals surface area (Å²) in [5, 5.41) is 3.58. The summed E-state index contributed by atoms with van der Waals surface area (Å²) in [4.78, 5) is 10.7. The predicted octanol–water partition coefficient (Wildman–Crippen LogP) is 2.18. The lowest BCUT2D eigenvalue weighted by Gasteiger charge is -2.22. The first kappa shape index (κ1) is 14.6. The average Bonchev–Trinajstić information content (AvgIpc) is 2.44. The molecule has 1 aromatic heterocycles. The Bertz CT molecular complexity index is 525. The molecule has 2 aromatic rings. The second-order valence-electron chi connectivity index (χ2n) is 5.20. The highest BCUT2D eigenvalue weighted by Gasteiger charge is 2.12. The van der Waals surface area contributed by atoms with Gasteiger partial charge in [0.2, 0.25) is 0 Å². The number of hydrogen-bond donors (Lipinski definition) is 1. The maximum atomic E-state index is 4.43. The van der Waals surface area contributed by atoms with Gasteiger partial charge < -0.3 is 10.2 Å². The van der Waals surface area contributed by atoms with E-state index in [9.17, 15) is 0 Å². The van der Waals surface area contributed by atoms with Crippen LogP contribution in [0.3, 0.4) is 0 Å². The van der Waals surface area contributed by atoms with E-state index in [1.807, 2.05) is 25.3 Å². The lowest BCUT2D eigenvalue weighted by molar-refractivity contribution is 0.340. The fourth-order valence-corrected chi connectivity index (χ4v) is 2.17. The minimum atomic E-state index is 0.293. The summed E-state index contributed by atoms with van der Waals surface area (Å²) in [5.41, 5.74) is 2.32. The Hall–Kier alpha value is -1.78. The van der Waals surface area contributed by atoms with Crippen molar-refractivity contribution in [3.8, 4) is 0 Å². The molecule has 1 N–H and O–H groups in total. The number of rotatable bonds is 6. The Morgan fingerprint density at radius 1 is 1.15 bits per heavy atom. The molecule has 20 heavy (non-hydrogen) atoms. The first-order valence-corrected chi connectivity index (χ1v) is 6.87. The van der Waals surface area contributed by atoms with E-state index in [1.165, 1.54) is 5.56 Å². The van der Waals surface area contributed by atoms with Gasteiger partial charge in [-0.1, -0.05) is 30.3 Å². The van der Waals surface area contributed by atoms with Crippen molar-refractivity contribution in [3.63, 3.8) is 0 Å². The van der Waals surface area contributed by atoms with E-state index in [0.717, 1.165) is 24.6 Å². The second-order valence-corrected chi connectivity index (χ2v) is 5.20. The zero-order chi connectivity index (χ0) is 14.4. The molecule has 1 aromatic carbocycles. The Kier molecular flexibility index (Phi) is 5.21. The Labute approximate surface area is 120 Å². The lowest BCUT2D eigenvalue weighted by atomic mass is 10.1. The molecular weight excluding hydrogens is 248 g/mol. The van der Waals surface area contributed by atoms with Crippen molar-refractivity contribution in [3.05, 3.63) is 59.7 Å². The zero-order valence-electron chi connectivity index (χ0n) is 12.4. The Morgan fingerprint density at radius 3 is 2.55 bits per heavy atom. The van der Waals surface area contributed by atoms with Gasteiger partial charge in [0.25, 0.3) is 0 Å². The summed E-state index contributed by atoms with van der Waals surface area (Å²) in [6, 6.07) is 12.8. The quantitative estimate of drug-likeness (QED) is 0.873. The van der Waals surface area contributed by atoms with Crippen molar-refractivity contribution in [2.45, 2.75) is 19.5 Å². The molecule has 0 radical (unpaired) electrons. The van der Waals surface area contributed by atoms with Crippen LogP contribution < -0.4 is 5.32 Å². The van der Waals surface area contributed by atoms with Gasteiger partial charge in [-0.25, -0.2) is 9.97 Å². The minimum Gasteiger partial charge on any atom is -0.308 e. The smallest absolute Gasteiger partial charge is 0.125 e. The van der Waals surface area contributed by atoms with Crippen molar-refractivity contribution in [2.24, 2.45) is 0 Å². The largest absolute Gasteiger partial charge is 0.308 e. The molecule has 0 fully saturated rings. The van der Waals surface area contributed by atoms with E-state index in [4.69, 9.17) is 0 Å². The van der Waals surface area contributed by atoms with Crippen LogP contribution in [-0.2, 0) is 6.54 Å². The Balaban J connectivity index is 2.05. The van der Waals surface area contributed by atoms with E-state index in [1.54, 1.807) is 0 Å². The summed E-state index contributed by atoms with van der Waals surface area (Å²) in [7, 11) is 4.18. The monoisotopic (exact) mass is 270 g/mol. The van der Waals surface area contributed by atoms with E-state index >= 15 is 0 Å². The van der Waals surface area contributed by atoms with Crippen LogP contribution in [0.15, 0.2) is 42.6 Å². The van der Waals surface area contributed by atoms with Gasteiger partial charge in [-0.2, -0.15) is 0 Å². The molecule has 1 unspecified atom stereocenters. The van der Waals surface area contributed by atoms with Crippen LogP contribution in [0.5, 0.6) is 0 Å². The topological polar surface area (TPSA) is 41.1 Å². The molecule has 0 saturated carbocycles. The molecule has 0 aliphatic carbocycles.